The van der Waals surface area contributed by atoms with Crippen molar-refractivity contribution in [2.45, 2.75) is 6.92 Å². The molecule has 8 heteroatoms. The number of amides is 1. The van der Waals surface area contributed by atoms with Gasteiger partial charge in [-0.25, -0.2) is 4.98 Å². The first kappa shape index (κ1) is 18.8. The maximum atomic E-state index is 12.3. The van der Waals surface area contributed by atoms with Crippen LogP contribution in [0.3, 0.4) is 0 Å². The van der Waals surface area contributed by atoms with Crippen molar-refractivity contribution in [3.8, 4) is 5.69 Å². The molecule has 4 aromatic rings. The molecule has 0 unspecified atom stereocenters. The number of anilines is 1. The highest BCUT2D eigenvalue weighted by Crippen LogP contribution is 2.34. The van der Waals surface area contributed by atoms with Gasteiger partial charge in [-0.05, 0) is 37.3 Å². The second-order valence-electron chi connectivity index (χ2n) is 7.28. The number of imidazole rings is 1. The van der Waals surface area contributed by atoms with E-state index in [0.29, 0.717) is 29.3 Å². The van der Waals surface area contributed by atoms with Crippen LogP contribution in [0.15, 0.2) is 42.6 Å². The number of benzene rings is 2. The fraction of sp³-hybridized carbons (Fsp3) is 0.227. The molecule has 0 saturated carbocycles. The van der Waals surface area contributed by atoms with E-state index in [0.717, 1.165) is 46.7 Å². The van der Waals surface area contributed by atoms with Gasteiger partial charge in [0.15, 0.2) is 0 Å². The van der Waals surface area contributed by atoms with Crippen molar-refractivity contribution in [1.82, 2.24) is 14.5 Å². The Bertz CT molecular complexity index is 1290. The predicted octanol–water partition coefficient (Wildman–Crippen LogP) is 3.47. The molecule has 1 fully saturated rings. The quantitative estimate of drug-likeness (QED) is 0.547. The molecule has 152 valence electrons. The summed E-state index contributed by atoms with van der Waals surface area (Å²) in [6.07, 6.45) is 1.75. The Morgan fingerprint density at radius 2 is 2.00 bits per heavy atom. The first-order chi connectivity index (χ1) is 14.5. The normalized spacial score (nSPS) is 14.5. The molecule has 0 atom stereocenters. The number of ether oxygens (including phenoxy) is 1. The van der Waals surface area contributed by atoms with Gasteiger partial charge in [0.2, 0.25) is 0 Å². The number of aryl methyl sites for hydroxylation is 1. The van der Waals surface area contributed by atoms with Gasteiger partial charge in [0.05, 0.1) is 40.5 Å². The van der Waals surface area contributed by atoms with Crippen LogP contribution in [0.5, 0.6) is 0 Å². The van der Waals surface area contributed by atoms with Crippen LogP contribution in [-0.4, -0.2) is 46.7 Å². The number of pyridine rings is 1. The highest BCUT2D eigenvalue weighted by atomic mass is 35.5. The smallest absolute Gasteiger partial charge is 0.251 e. The van der Waals surface area contributed by atoms with Gasteiger partial charge >= 0.3 is 0 Å². The molecular formula is C22H20ClN5O2. The van der Waals surface area contributed by atoms with Crippen molar-refractivity contribution in [1.29, 1.82) is 0 Å². The average Bonchev–Trinajstić information content (AvgIpc) is 3.09. The second kappa shape index (κ2) is 7.27. The number of primary amides is 1. The summed E-state index contributed by atoms with van der Waals surface area (Å²) < 4.78 is 7.49. The van der Waals surface area contributed by atoms with Crippen LogP contribution in [0.1, 0.15) is 16.2 Å². The summed E-state index contributed by atoms with van der Waals surface area (Å²) >= 11 is 6.55. The van der Waals surface area contributed by atoms with Gasteiger partial charge in [-0.3, -0.25) is 14.3 Å². The SMILES string of the molecule is Cc1nc2c(C(N)=O)cc(N3CCOCC3)cc2n1-c1ccnc2cccc(Cl)c12. The van der Waals surface area contributed by atoms with E-state index in [9.17, 15) is 4.79 Å². The zero-order valence-electron chi connectivity index (χ0n) is 16.4. The molecule has 1 aliphatic rings. The molecule has 2 N–H and O–H groups in total. The van der Waals surface area contributed by atoms with Gasteiger partial charge in [-0.1, -0.05) is 17.7 Å². The summed E-state index contributed by atoms with van der Waals surface area (Å²) in [6.45, 7) is 4.70. The maximum Gasteiger partial charge on any atom is 0.251 e. The lowest BCUT2D eigenvalue weighted by Crippen LogP contribution is -2.36. The summed E-state index contributed by atoms with van der Waals surface area (Å²) in [5, 5.41) is 1.44. The number of nitrogens with zero attached hydrogens (tertiary/aromatic N) is 4. The Morgan fingerprint density at radius 3 is 2.77 bits per heavy atom. The van der Waals surface area contributed by atoms with Crippen molar-refractivity contribution in [2.75, 3.05) is 31.2 Å². The molecule has 0 radical (unpaired) electrons. The van der Waals surface area contributed by atoms with Crippen molar-refractivity contribution < 1.29 is 9.53 Å². The minimum Gasteiger partial charge on any atom is -0.378 e. The summed E-state index contributed by atoms with van der Waals surface area (Å²) in [7, 11) is 0. The van der Waals surface area contributed by atoms with Gasteiger partial charge in [0, 0.05) is 30.4 Å². The lowest BCUT2D eigenvalue weighted by atomic mass is 10.1. The van der Waals surface area contributed by atoms with E-state index in [4.69, 9.17) is 22.1 Å². The number of hydrogen-bond donors (Lipinski definition) is 1. The molecular weight excluding hydrogens is 402 g/mol. The number of halogens is 1. The first-order valence-electron chi connectivity index (χ1n) is 9.74. The van der Waals surface area contributed by atoms with Crippen LogP contribution in [-0.2, 0) is 4.74 Å². The van der Waals surface area contributed by atoms with E-state index in [1.165, 1.54) is 0 Å². The monoisotopic (exact) mass is 421 g/mol. The van der Waals surface area contributed by atoms with Crippen LogP contribution in [0.4, 0.5) is 5.69 Å². The Balaban J connectivity index is 1.83. The third-order valence-electron chi connectivity index (χ3n) is 5.49. The Labute approximate surface area is 178 Å². The molecule has 0 bridgehead atoms. The summed E-state index contributed by atoms with van der Waals surface area (Å²) in [5.74, 6) is 0.233. The zero-order chi connectivity index (χ0) is 20.8. The molecule has 2 aromatic carbocycles. The van der Waals surface area contributed by atoms with Crippen LogP contribution in [0.2, 0.25) is 5.02 Å². The largest absolute Gasteiger partial charge is 0.378 e. The topological polar surface area (TPSA) is 86.3 Å². The highest BCUT2D eigenvalue weighted by molar-refractivity contribution is 6.36. The van der Waals surface area contributed by atoms with E-state index in [1.54, 1.807) is 6.20 Å². The second-order valence-corrected chi connectivity index (χ2v) is 7.69. The molecule has 1 amide bonds. The fourth-order valence-corrected chi connectivity index (χ4v) is 4.37. The van der Waals surface area contributed by atoms with Gasteiger partial charge in [-0.2, -0.15) is 0 Å². The van der Waals surface area contributed by atoms with Crippen LogP contribution in [0.25, 0.3) is 27.6 Å². The Kier molecular flexibility index (Phi) is 4.56. The number of carbonyl (C=O) groups is 1. The van der Waals surface area contributed by atoms with Gasteiger partial charge < -0.3 is 15.4 Å². The highest BCUT2D eigenvalue weighted by Gasteiger charge is 2.21. The zero-order valence-corrected chi connectivity index (χ0v) is 17.2. The third-order valence-corrected chi connectivity index (χ3v) is 5.80. The molecule has 0 aliphatic carbocycles. The molecule has 7 nitrogen and oxygen atoms in total. The molecule has 30 heavy (non-hydrogen) atoms. The standard InChI is InChI=1S/C22H20ClN5O2/c1-13-26-21-15(22(24)29)11-14(27-7-9-30-10-8-27)12-19(21)28(13)18-5-6-25-17-4-2-3-16(23)20(17)18/h2-6,11-12H,7-10H2,1H3,(H2,24,29). The third kappa shape index (κ3) is 2.98. The Morgan fingerprint density at radius 1 is 1.20 bits per heavy atom. The first-order valence-corrected chi connectivity index (χ1v) is 10.1. The number of hydrogen-bond acceptors (Lipinski definition) is 5. The molecule has 2 aromatic heterocycles. The Hall–Kier alpha value is -3.16. The predicted molar refractivity (Wildman–Crippen MR) is 118 cm³/mol. The van der Waals surface area contributed by atoms with E-state index < -0.39 is 5.91 Å². The van der Waals surface area contributed by atoms with Crippen LogP contribution < -0.4 is 10.6 Å². The number of fused-ring (bicyclic) bond motifs is 2. The molecule has 5 rings (SSSR count). The van der Waals surface area contributed by atoms with E-state index in [2.05, 4.69) is 20.9 Å². The lowest BCUT2D eigenvalue weighted by molar-refractivity contribution is 0.100. The minimum atomic E-state index is -0.502. The van der Waals surface area contributed by atoms with Gasteiger partial charge in [0.1, 0.15) is 11.3 Å². The molecule has 1 saturated heterocycles. The van der Waals surface area contributed by atoms with Crippen LogP contribution >= 0.6 is 11.6 Å². The summed E-state index contributed by atoms with van der Waals surface area (Å²) in [5.41, 5.74) is 10.1. The van der Waals surface area contributed by atoms with E-state index in [-0.39, 0.29) is 0 Å². The lowest BCUT2D eigenvalue weighted by Gasteiger charge is -2.29. The van der Waals surface area contributed by atoms with Crippen molar-refractivity contribution in [2.24, 2.45) is 5.73 Å². The molecule has 3 heterocycles. The number of aromatic nitrogens is 3. The number of carbonyl (C=O) groups excluding carboxylic acids is 1. The van der Waals surface area contributed by atoms with E-state index in [1.807, 2.05) is 41.8 Å². The molecule has 1 aliphatic heterocycles. The van der Waals surface area contributed by atoms with Crippen molar-refractivity contribution in [3.05, 3.63) is 59.0 Å². The van der Waals surface area contributed by atoms with Gasteiger partial charge in [0.25, 0.3) is 5.91 Å². The maximum absolute atomic E-state index is 12.3. The summed E-state index contributed by atoms with van der Waals surface area (Å²) in [6, 6.07) is 11.4. The van der Waals surface area contributed by atoms with Crippen LogP contribution in [0, 0.1) is 6.92 Å². The minimum absolute atomic E-state index is 0.403. The van der Waals surface area contributed by atoms with E-state index >= 15 is 0 Å². The number of nitrogens with two attached hydrogens (primary N) is 1. The van der Waals surface area contributed by atoms with Crippen molar-refractivity contribution >= 4 is 45.1 Å². The van der Waals surface area contributed by atoms with Gasteiger partial charge in [-0.15, -0.1) is 0 Å². The van der Waals surface area contributed by atoms with Crippen molar-refractivity contribution in [3.63, 3.8) is 0 Å². The number of rotatable bonds is 3. The molecule has 0 spiro atoms. The fourth-order valence-electron chi connectivity index (χ4n) is 4.11. The average molecular weight is 422 g/mol. The summed E-state index contributed by atoms with van der Waals surface area (Å²) in [4.78, 5) is 23.6. The number of morpholine rings is 1.